The van der Waals surface area contributed by atoms with Gasteiger partial charge in [-0.3, -0.25) is 0 Å². The molecule has 0 amide bonds. The number of nitrogens with zero attached hydrogens (tertiary/aromatic N) is 1. The lowest BCUT2D eigenvalue weighted by molar-refractivity contribution is 0.0695. The second-order valence-corrected chi connectivity index (χ2v) is 14.6. The van der Waals surface area contributed by atoms with Crippen molar-refractivity contribution in [1.29, 1.82) is 0 Å². The minimum absolute atomic E-state index is 0.633. The van der Waals surface area contributed by atoms with Crippen molar-refractivity contribution in [3.8, 4) is 0 Å². The van der Waals surface area contributed by atoms with Gasteiger partial charge in [-0.05, 0) is 37.5 Å². The quantitative estimate of drug-likeness (QED) is 0.406. The normalized spacial score (nSPS) is 12.7. The van der Waals surface area contributed by atoms with Crippen molar-refractivity contribution in [2.45, 2.75) is 65.8 Å². The average molecular weight is 398 g/mol. The Morgan fingerprint density at radius 3 is 1.81 bits per heavy atom. The van der Waals surface area contributed by atoms with Crippen LogP contribution in [0, 0.1) is 0 Å². The molecule has 0 saturated heterocycles. The van der Waals surface area contributed by atoms with Crippen LogP contribution in [0.4, 0.5) is 0 Å². The largest absolute Gasteiger partial charge is 0.497 e. The van der Waals surface area contributed by atoms with E-state index >= 15 is 0 Å². The molecule has 0 aliphatic rings. The Bertz CT molecular complexity index is 469. The van der Waals surface area contributed by atoms with Crippen LogP contribution in [-0.2, 0) is 19.8 Å². The summed E-state index contributed by atoms with van der Waals surface area (Å²) in [4.78, 5) is 0. The van der Waals surface area contributed by atoms with Crippen LogP contribution in [0.1, 0.15) is 40.2 Å². The maximum atomic E-state index is 6.18. The summed E-state index contributed by atoms with van der Waals surface area (Å²) >= 11 is 0. The molecule has 0 saturated carbocycles. The fourth-order valence-corrected chi connectivity index (χ4v) is 9.39. The van der Waals surface area contributed by atoms with Gasteiger partial charge in [0.25, 0.3) is 0 Å². The van der Waals surface area contributed by atoms with E-state index < -0.39 is 17.0 Å². The van der Waals surface area contributed by atoms with Gasteiger partial charge in [0.15, 0.2) is 0 Å². The van der Waals surface area contributed by atoms with Gasteiger partial charge in [0, 0.05) is 32.9 Å². The van der Waals surface area contributed by atoms with E-state index in [-0.39, 0.29) is 0 Å². The Hall–Kier alpha value is -0.506. The molecule has 150 valence electrons. The highest BCUT2D eigenvalue weighted by atomic mass is 28.4. The van der Waals surface area contributed by atoms with Crippen molar-refractivity contribution < 1.29 is 13.3 Å². The van der Waals surface area contributed by atoms with Crippen molar-refractivity contribution in [2.75, 3.05) is 26.4 Å². The van der Waals surface area contributed by atoms with Gasteiger partial charge in [-0.25, -0.2) is 0 Å². The van der Waals surface area contributed by atoms with E-state index in [1.165, 1.54) is 23.7 Å². The van der Waals surface area contributed by atoms with Gasteiger partial charge in [-0.1, -0.05) is 51.1 Å². The number of benzene rings is 1. The van der Waals surface area contributed by atoms with Crippen LogP contribution in [0.3, 0.4) is 0 Å². The Morgan fingerprint density at radius 1 is 0.808 bits per heavy atom. The van der Waals surface area contributed by atoms with Gasteiger partial charge in [-0.2, -0.15) is 0 Å². The third kappa shape index (κ3) is 6.90. The third-order valence-electron chi connectivity index (χ3n) is 5.40. The summed E-state index contributed by atoms with van der Waals surface area (Å²) in [6.07, 6.45) is 0. The van der Waals surface area contributed by atoms with Gasteiger partial charge >= 0.3 is 8.80 Å². The van der Waals surface area contributed by atoms with Gasteiger partial charge in [0.05, 0.1) is 6.61 Å². The molecule has 0 atom stereocenters. The summed E-state index contributed by atoms with van der Waals surface area (Å²) in [5.41, 5.74) is 1.38. The smallest absolute Gasteiger partial charge is 0.374 e. The van der Waals surface area contributed by atoms with E-state index in [2.05, 4.69) is 55.7 Å². The second kappa shape index (κ2) is 12.1. The van der Waals surface area contributed by atoms with E-state index in [0.29, 0.717) is 19.8 Å². The fraction of sp³-hybridized carbons (Fsp3) is 0.700. The lowest BCUT2D eigenvalue weighted by atomic mass is 10.2. The van der Waals surface area contributed by atoms with Gasteiger partial charge in [-0.15, -0.1) is 0 Å². The van der Waals surface area contributed by atoms with Gasteiger partial charge in [0.1, 0.15) is 8.24 Å². The van der Waals surface area contributed by atoms with Crippen molar-refractivity contribution in [1.82, 2.24) is 4.57 Å². The van der Waals surface area contributed by atoms with Crippen LogP contribution >= 0.6 is 0 Å². The zero-order valence-electron chi connectivity index (χ0n) is 17.7. The van der Waals surface area contributed by atoms with Crippen LogP contribution in [0.5, 0.6) is 0 Å². The first-order valence-electron chi connectivity index (χ1n) is 10.2. The molecule has 0 radical (unpaired) electrons. The summed E-state index contributed by atoms with van der Waals surface area (Å²) in [5.74, 6) is 0. The lowest BCUT2D eigenvalue weighted by Gasteiger charge is -2.41. The predicted octanol–water partition coefficient (Wildman–Crippen LogP) is 5.15. The molecule has 0 aliphatic carbocycles. The molecule has 0 aliphatic heterocycles. The van der Waals surface area contributed by atoms with Gasteiger partial charge < -0.3 is 17.8 Å². The first kappa shape index (κ1) is 23.5. The molecule has 1 aromatic rings. The molecule has 1 aromatic carbocycles. The fourth-order valence-electron chi connectivity index (χ4n) is 3.70. The van der Waals surface area contributed by atoms with E-state index in [4.69, 9.17) is 13.3 Å². The van der Waals surface area contributed by atoms with Crippen molar-refractivity contribution in [3.63, 3.8) is 0 Å². The van der Waals surface area contributed by atoms with Crippen molar-refractivity contribution in [3.05, 3.63) is 35.9 Å². The van der Waals surface area contributed by atoms with E-state index in [1.807, 2.05) is 20.4 Å². The molecule has 0 bridgehead atoms. The maximum absolute atomic E-state index is 6.18. The van der Waals surface area contributed by atoms with E-state index in [1.54, 1.807) is 0 Å². The third-order valence-corrected chi connectivity index (χ3v) is 13.4. The molecule has 0 aromatic heterocycles. The average Bonchev–Trinajstić information content (AvgIpc) is 2.64. The molecule has 0 heterocycles. The Kier molecular flexibility index (Phi) is 10.9. The van der Waals surface area contributed by atoms with Crippen LogP contribution in [-0.4, -0.2) is 48.0 Å². The second-order valence-electron chi connectivity index (χ2n) is 6.77. The molecule has 0 spiro atoms. The Balaban J connectivity index is 2.85. The number of hydrogen-bond donors (Lipinski definition) is 0. The molecule has 0 N–H and O–H groups in total. The minimum atomic E-state index is -2.51. The maximum Gasteiger partial charge on any atom is 0.497 e. The first-order valence-corrected chi connectivity index (χ1v) is 15.0. The predicted molar refractivity (Wildman–Crippen MR) is 115 cm³/mol. The topological polar surface area (TPSA) is 30.9 Å². The van der Waals surface area contributed by atoms with E-state index in [9.17, 15) is 0 Å². The molecular weight excluding hydrogens is 358 g/mol. The summed E-state index contributed by atoms with van der Waals surface area (Å²) in [5, 5.41) is 0. The molecule has 26 heavy (non-hydrogen) atoms. The van der Waals surface area contributed by atoms with Crippen LogP contribution < -0.4 is 0 Å². The zero-order valence-corrected chi connectivity index (χ0v) is 19.7. The Morgan fingerprint density at radius 2 is 1.35 bits per heavy atom. The van der Waals surface area contributed by atoms with Crippen LogP contribution in [0.15, 0.2) is 30.3 Å². The summed E-state index contributed by atoms with van der Waals surface area (Å²) < 4.78 is 20.6. The summed E-state index contributed by atoms with van der Waals surface area (Å²) in [6, 6.07) is 14.6. The highest BCUT2D eigenvalue weighted by molar-refractivity contribution is 6.77. The highest BCUT2D eigenvalue weighted by Gasteiger charge is 2.37. The molecule has 0 fully saturated rings. The van der Waals surface area contributed by atoms with E-state index in [0.717, 1.165) is 13.1 Å². The summed E-state index contributed by atoms with van der Waals surface area (Å²) in [7, 11) is -3.99. The van der Waals surface area contributed by atoms with Crippen molar-refractivity contribution in [2.24, 2.45) is 0 Å². The first-order chi connectivity index (χ1) is 12.5. The molecular formula is C20H39NO3Si2. The molecule has 0 unspecified atom stereocenters. The highest BCUT2D eigenvalue weighted by Crippen LogP contribution is 2.27. The number of rotatable bonds is 14. The van der Waals surface area contributed by atoms with Gasteiger partial charge in [0.2, 0.25) is 0 Å². The van der Waals surface area contributed by atoms with Crippen molar-refractivity contribution >= 4 is 17.0 Å². The standard InChI is InChI=1S/C20H39NO3Si2/c1-7-22-25(6,23-8-2)24-18-17-21(26(9-3,10-4)11-5)19-20-15-13-12-14-16-20/h12-16H,7-11,17-19H2,1-6H3. The molecule has 1 rings (SSSR count). The Labute approximate surface area is 163 Å². The molecule has 4 nitrogen and oxygen atoms in total. The molecule has 6 heteroatoms. The summed E-state index contributed by atoms with van der Waals surface area (Å²) in [6.45, 7) is 17.0. The SMILES string of the molecule is CCO[Si](C)(OCC)OCCN(Cc1ccccc1)[Si](CC)(CC)CC. The zero-order chi connectivity index (χ0) is 19.5. The monoisotopic (exact) mass is 397 g/mol. The number of hydrogen-bond acceptors (Lipinski definition) is 4. The van der Waals surface area contributed by atoms with Crippen LogP contribution in [0.2, 0.25) is 24.7 Å². The minimum Gasteiger partial charge on any atom is -0.374 e. The lowest BCUT2D eigenvalue weighted by Crippen LogP contribution is -2.54. The van der Waals surface area contributed by atoms with Crippen LogP contribution in [0.25, 0.3) is 0 Å².